The molecule has 0 radical (unpaired) electrons. The third kappa shape index (κ3) is 3.98. The molecule has 1 aromatic carbocycles. The average molecular weight is 278 g/mol. The van der Waals surface area contributed by atoms with Gasteiger partial charge in [0.05, 0.1) is 5.25 Å². The lowest BCUT2D eigenvalue weighted by molar-refractivity contribution is -0.126. The first kappa shape index (κ1) is 14.4. The summed E-state index contributed by atoms with van der Waals surface area (Å²) in [4.78, 5) is 14.9. The van der Waals surface area contributed by atoms with Crippen LogP contribution in [0.3, 0.4) is 0 Å². The quantitative estimate of drug-likeness (QED) is 0.812. The minimum Gasteiger partial charge on any atom is -0.345 e. The molecule has 1 aromatic rings. The van der Waals surface area contributed by atoms with E-state index in [2.05, 4.69) is 36.5 Å². The molecule has 1 N–H and O–H groups in total. The lowest BCUT2D eigenvalue weighted by atomic mass is 10.2. The first-order valence-electron chi connectivity index (χ1n) is 6.92. The Morgan fingerprint density at radius 2 is 2.11 bits per heavy atom. The number of nitrogens with zero attached hydrogens (tertiary/aromatic N) is 1. The van der Waals surface area contributed by atoms with Gasteiger partial charge in [0.25, 0.3) is 0 Å². The molecule has 4 heteroatoms. The molecule has 1 fully saturated rings. The van der Waals surface area contributed by atoms with Crippen molar-refractivity contribution in [3.05, 3.63) is 29.8 Å². The first-order valence-corrected chi connectivity index (χ1v) is 7.80. The number of benzene rings is 1. The monoisotopic (exact) mass is 278 g/mol. The second-order valence-electron chi connectivity index (χ2n) is 4.98. The Labute approximate surface area is 119 Å². The normalized spacial score (nSPS) is 19.2. The van der Waals surface area contributed by atoms with Crippen LogP contribution in [-0.2, 0) is 11.3 Å². The predicted octanol–water partition coefficient (Wildman–Crippen LogP) is 2.51. The van der Waals surface area contributed by atoms with Crippen molar-refractivity contribution in [2.24, 2.45) is 0 Å². The largest absolute Gasteiger partial charge is 0.345 e. The second kappa shape index (κ2) is 6.96. The fraction of sp³-hybridized carbons (Fsp3) is 0.533. The van der Waals surface area contributed by atoms with Gasteiger partial charge in [0.15, 0.2) is 0 Å². The Bertz CT molecular complexity index is 419. The van der Waals surface area contributed by atoms with E-state index >= 15 is 0 Å². The van der Waals surface area contributed by atoms with Crippen LogP contribution in [0.2, 0.25) is 0 Å². The van der Waals surface area contributed by atoms with Gasteiger partial charge in [-0.2, -0.15) is 0 Å². The topological polar surface area (TPSA) is 32.3 Å². The SMILES string of the molecule is CCCNCc1ccc(SC2CCN(C)C2=O)cc1. The van der Waals surface area contributed by atoms with Crippen LogP contribution in [-0.4, -0.2) is 36.2 Å². The van der Waals surface area contributed by atoms with E-state index in [1.54, 1.807) is 11.8 Å². The summed E-state index contributed by atoms with van der Waals surface area (Å²) >= 11 is 1.69. The Balaban J connectivity index is 1.86. The molecule has 0 aliphatic carbocycles. The summed E-state index contributed by atoms with van der Waals surface area (Å²) in [5.41, 5.74) is 1.30. The number of carbonyl (C=O) groups excluding carboxylic acids is 1. The molecule has 1 aliphatic heterocycles. The minimum absolute atomic E-state index is 0.106. The van der Waals surface area contributed by atoms with Crippen LogP contribution in [0.1, 0.15) is 25.3 Å². The highest BCUT2D eigenvalue weighted by molar-refractivity contribution is 8.00. The first-order chi connectivity index (χ1) is 9.20. The molecular formula is C15H22N2OS. The maximum atomic E-state index is 11.8. The van der Waals surface area contributed by atoms with Crippen LogP contribution in [0, 0.1) is 0 Å². The molecule has 0 spiro atoms. The molecule has 19 heavy (non-hydrogen) atoms. The van der Waals surface area contributed by atoms with E-state index in [1.165, 1.54) is 10.5 Å². The summed E-state index contributed by atoms with van der Waals surface area (Å²) in [6.07, 6.45) is 2.12. The maximum absolute atomic E-state index is 11.8. The summed E-state index contributed by atoms with van der Waals surface area (Å²) in [6, 6.07) is 8.54. The zero-order valence-electron chi connectivity index (χ0n) is 11.7. The Kier molecular flexibility index (Phi) is 5.28. The maximum Gasteiger partial charge on any atom is 0.235 e. The third-order valence-electron chi connectivity index (χ3n) is 3.34. The van der Waals surface area contributed by atoms with Gasteiger partial charge in [-0.05, 0) is 37.1 Å². The van der Waals surface area contributed by atoms with Crippen LogP contribution in [0.15, 0.2) is 29.2 Å². The molecule has 2 rings (SSSR count). The predicted molar refractivity (Wildman–Crippen MR) is 80.3 cm³/mol. The van der Waals surface area contributed by atoms with Gasteiger partial charge < -0.3 is 10.2 Å². The van der Waals surface area contributed by atoms with E-state index in [4.69, 9.17) is 0 Å². The van der Waals surface area contributed by atoms with E-state index in [0.29, 0.717) is 0 Å². The molecule has 0 saturated carbocycles. The van der Waals surface area contributed by atoms with E-state index in [1.807, 2.05) is 11.9 Å². The fourth-order valence-electron chi connectivity index (χ4n) is 2.16. The smallest absolute Gasteiger partial charge is 0.235 e. The Morgan fingerprint density at radius 3 is 2.68 bits per heavy atom. The number of hydrogen-bond acceptors (Lipinski definition) is 3. The molecule has 0 bridgehead atoms. The summed E-state index contributed by atoms with van der Waals surface area (Å²) in [7, 11) is 1.88. The standard InChI is InChI=1S/C15H22N2OS/c1-3-9-16-11-12-4-6-13(7-5-12)19-14-8-10-17(2)15(14)18/h4-7,14,16H,3,8-11H2,1-2H3. The van der Waals surface area contributed by atoms with E-state index in [-0.39, 0.29) is 11.2 Å². The van der Waals surface area contributed by atoms with Crippen LogP contribution >= 0.6 is 11.8 Å². The Hall–Kier alpha value is -1.00. The highest BCUT2D eigenvalue weighted by Crippen LogP contribution is 2.30. The van der Waals surface area contributed by atoms with Crippen LogP contribution in [0.4, 0.5) is 0 Å². The van der Waals surface area contributed by atoms with Crippen molar-refractivity contribution < 1.29 is 4.79 Å². The van der Waals surface area contributed by atoms with Gasteiger partial charge in [0.2, 0.25) is 5.91 Å². The highest BCUT2D eigenvalue weighted by Gasteiger charge is 2.29. The van der Waals surface area contributed by atoms with Gasteiger partial charge in [0.1, 0.15) is 0 Å². The molecule has 1 aliphatic rings. The summed E-state index contributed by atoms with van der Waals surface area (Å²) in [5.74, 6) is 0.263. The van der Waals surface area contributed by atoms with Crippen molar-refractivity contribution in [3.8, 4) is 0 Å². The van der Waals surface area contributed by atoms with Gasteiger partial charge in [-0.3, -0.25) is 4.79 Å². The molecule has 1 amide bonds. The zero-order valence-corrected chi connectivity index (χ0v) is 12.5. The number of amides is 1. The van der Waals surface area contributed by atoms with E-state index in [9.17, 15) is 4.79 Å². The van der Waals surface area contributed by atoms with E-state index in [0.717, 1.165) is 32.5 Å². The lowest BCUT2D eigenvalue weighted by Crippen LogP contribution is -2.23. The second-order valence-corrected chi connectivity index (χ2v) is 6.25. The molecular weight excluding hydrogens is 256 g/mol. The number of carbonyl (C=O) groups is 1. The zero-order chi connectivity index (χ0) is 13.7. The average Bonchev–Trinajstić information content (AvgIpc) is 2.73. The highest BCUT2D eigenvalue weighted by atomic mass is 32.2. The van der Waals surface area contributed by atoms with Crippen LogP contribution in [0.25, 0.3) is 0 Å². The summed E-state index contributed by atoms with van der Waals surface area (Å²) in [6.45, 7) is 5.03. The van der Waals surface area contributed by atoms with Crippen molar-refractivity contribution in [2.75, 3.05) is 20.1 Å². The molecule has 0 aromatic heterocycles. The molecule has 3 nitrogen and oxygen atoms in total. The van der Waals surface area contributed by atoms with Crippen molar-refractivity contribution in [3.63, 3.8) is 0 Å². The summed E-state index contributed by atoms with van der Waals surface area (Å²) < 4.78 is 0. The van der Waals surface area contributed by atoms with Gasteiger partial charge in [-0.15, -0.1) is 11.8 Å². The number of thioether (sulfide) groups is 1. The van der Waals surface area contributed by atoms with Crippen LogP contribution in [0.5, 0.6) is 0 Å². The van der Waals surface area contributed by atoms with Crippen molar-refractivity contribution in [2.45, 2.75) is 36.5 Å². The van der Waals surface area contributed by atoms with Crippen LogP contribution < -0.4 is 5.32 Å². The van der Waals surface area contributed by atoms with Gasteiger partial charge in [-0.25, -0.2) is 0 Å². The van der Waals surface area contributed by atoms with Gasteiger partial charge >= 0.3 is 0 Å². The minimum atomic E-state index is 0.106. The third-order valence-corrected chi connectivity index (χ3v) is 4.60. The van der Waals surface area contributed by atoms with Crippen molar-refractivity contribution in [1.82, 2.24) is 10.2 Å². The van der Waals surface area contributed by atoms with Crippen molar-refractivity contribution >= 4 is 17.7 Å². The molecule has 1 atom stereocenters. The molecule has 104 valence electrons. The molecule has 1 heterocycles. The van der Waals surface area contributed by atoms with Gasteiger partial charge in [0, 0.05) is 25.0 Å². The molecule has 1 saturated heterocycles. The number of hydrogen-bond donors (Lipinski definition) is 1. The number of nitrogens with one attached hydrogen (secondary N) is 1. The number of likely N-dealkylation sites (tertiary alicyclic amines) is 1. The van der Waals surface area contributed by atoms with E-state index < -0.39 is 0 Å². The van der Waals surface area contributed by atoms with Gasteiger partial charge in [-0.1, -0.05) is 19.1 Å². The Morgan fingerprint density at radius 1 is 1.37 bits per heavy atom. The fourth-order valence-corrected chi connectivity index (χ4v) is 3.29. The molecule has 1 unspecified atom stereocenters. The number of rotatable bonds is 6. The van der Waals surface area contributed by atoms with Crippen molar-refractivity contribution in [1.29, 1.82) is 0 Å². The lowest BCUT2D eigenvalue weighted by Gasteiger charge is -2.10. The summed E-state index contributed by atoms with van der Waals surface area (Å²) in [5, 5.41) is 3.49.